The number of pyridine rings is 1. The molecule has 4 aromatic heterocycles. The van der Waals surface area contributed by atoms with Crippen LogP contribution in [0.5, 0.6) is 0 Å². The number of rotatable bonds is 4. The Morgan fingerprint density at radius 3 is 2.85 bits per heavy atom. The van der Waals surface area contributed by atoms with Crippen molar-refractivity contribution in [2.75, 3.05) is 6.61 Å². The summed E-state index contributed by atoms with van der Waals surface area (Å²) < 4.78 is 14.3. The van der Waals surface area contributed by atoms with Crippen molar-refractivity contribution in [3.05, 3.63) is 54.4 Å². The molecule has 0 N–H and O–H groups in total. The van der Waals surface area contributed by atoms with Gasteiger partial charge in [0.25, 0.3) is 0 Å². The largest absolute Gasteiger partial charge is 0.461 e. The van der Waals surface area contributed by atoms with Crippen molar-refractivity contribution < 1.29 is 13.9 Å². The summed E-state index contributed by atoms with van der Waals surface area (Å²) in [7, 11) is 2.01. The van der Waals surface area contributed by atoms with Crippen molar-refractivity contribution >= 4 is 11.5 Å². The van der Waals surface area contributed by atoms with Gasteiger partial charge >= 0.3 is 5.97 Å². The van der Waals surface area contributed by atoms with Crippen molar-refractivity contribution in [3.63, 3.8) is 0 Å². The molecule has 0 aromatic carbocycles. The highest BCUT2D eigenvalue weighted by molar-refractivity contribution is 5.88. The Hall–Kier alpha value is -3.35. The molecule has 4 heterocycles. The first-order valence-corrected chi connectivity index (χ1v) is 8.31. The molecule has 4 rings (SSSR count). The van der Waals surface area contributed by atoms with Crippen LogP contribution in [0.2, 0.25) is 0 Å². The fourth-order valence-electron chi connectivity index (χ4n) is 2.92. The predicted octanol–water partition coefficient (Wildman–Crippen LogP) is 3.48. The number of fused-ring (bicyclic) bond motifs is 1. The smallest absolute Gasteiger partial charge is 0.360 e. The van der Waals surface area contributed by atoms with Crippen LogP contribution >= 0.6 is 0 Å². The first-order valence-electron chi connectivity index (χ1n) is 8.31. The molecular weight excluding hydrogens is 332 g/mol. The Labute approximate surface area is 149 Å². The Morgan fingerprint density at radius 2 is 2.12 bits per heavy atom. The maximum Gasteiger partial charge on any atom is 0.360 e. The molecule has 0 unspecified atom stereocenters. The van der Waals surface area contributed by atoms with E-state index in [1.807, 2.05) is 37.8 Å². The molecule has 0 bridgehead atoms. The van der Waals surface area contributed by atoms with Crippen molar-refractivity contribution in [2.45, 2.75) is 13.8 Å². The van der Waals surface area contributed by atoms with Gasteiger partial charge in [-0.25, -0.2) is 14.3 Å². The summed E-state index contributed by atoms with van der Waals surface area (Å²) in [6, 6.07) is 5.88. The Morgan fingerprint density at radius 1 is 1.27 bits per heavy atom. The summed E-state index contributed by atoms with van der Waals surface area (Å²) in [5.41, 5.74) is 5.18. The summed E-state index contributed by atoms with van der Waals surface area (Å²) >= 11 is 0. The first kappa shape index (κ1) is 16.1. The van der Waals surface area contributed by atoms with Crippen molar-refractivity contribution in [2.24, 2.45) is 7.05 Å². The van der Waals surface area contributed by atoms with Crippen LogP contribution in [-0.4, -0.2) is 31.7 Å². The second-order valence-corrected chi connectivity index (χ2v) is 5.99. The number of aromatic nitrogens is 4. The van der Waals surface area contributed by atoms with E-state index >= 15 is 0 Å². The van der Waals surface area contributed by atoms with Crippen LogP contribution in [0.4, 0.5) is 0 Å². The standard InChI is InChI=1S/C19H18N4O3/c1-4-25-19(24)16-11-26-18(21-16)13-5-8-23-17(9-13)15(10-20-23)14-6-7-22(3)12(14)2/h5-11H,4H2,1-3H3. The zero-order chi connectivity index (χ0) is 18.3. The molecule has 7 nitrogen and oxygen atoms in total. The highest BCUT2D eigenvalue weighted by Crippen LogP contribution is 2.30. The lowest BCUT2D eigenvalue weighted by molar-refractivity contribution is 0.0519. The molecule has 132 valence electrons. The van der Waals surface area contributed by atoms with Crippen molar-refractivity contribution in [1.82, 2.24) is 19.2 Å². The molecule has 0 aliphatic carbocycles. The van der Waals surface area contributed by atoms with Crippen LogP contribution in [0.1, 0.15) is 23.1 Å². The van der Waals surface area contributed by atoms with Gasteiger partial charge in [0.2, 0.25) is 5.89 Å². The van der Waals surface area contributed by atoms with E-state index in [9.17, 15) is 4.79 Å². The molecule has 0 saturated carbocycles. The molecule has 4 aromatic rings. The van der Waals surface area contributed by atoms with Gasteiger partial charge in [-0.2, -0.15) is 5.10 Å². The van der Waals surface area contributed by atoms with Gasteiger partial charge in [-0.15, -0.1) is 0 Å². The number of carbonyl (C=O) groups excluding carboxylic acids is 1. The zero-order valence-electron chi connectivity index (χ0n) is 14.8. The number of hydrogen-bond acceptors (Lipinski definition) is 5. The molecule has 0 aliphatic heterocycles. The topological polar surface area (TPSA) is 74.6 Å². The molecule has 26 heavy (non-hydrogen) atoms. The Bertz CT molecular complexity index is 1100. The highest BCUT2D eigenvalue weighted by Gasteiger charge is 2.16. The van der Waals surface area contributed by atoms with E-state index < -0.39 is 5.97 Å². The highest BCUT2D eigenvalue weighted by atomic mass is 16.5. The number of esters is 1. The zero-order valence-corrected chi connectivity index (χ0v) is 14.8. The summed E-state index contributed by atoms with van der Waals surface area (Å²) in [5.74, 6) is -0.124. The molecule has 0 amide bonds. The van der Waals surface area contributed by atoms with Crippen LogP contribution in [-0.2, 0) is 11.8 Å². The maximum atomic E-state index is 11.8. The second-order valence-electron chi connectivity index (χ2n) is 5.99. The van der Waals surface area contributed by atoms with Gasteiger partial charge in [0.1, 0.15) is 6.26 Å². The van der Waals surface area contributed by atoms with Crippen LogP contribution in [0, 0.1) is 6.92 Å². The van der Waals surface area contributed by atoms with Gasteiger partial charge in [0.05, 0.1) is 18.3 Å². The molecule has 0 spiro atoms. The second kappa shape index (κ2) is 6.18. The van der Waals surface area contributed by atoms with E-state index in [2.05, 4.69) is 27.6 Å². The Balaban J connectivity index is 1.77. The van der Waals surface area contributed by atoms with Gasteiger partial charge < -0.3 is 13.7 Å². The SMILES string of the molecule is CCOC(=O)c1coc(-c2ccn3ncc(-c4ccn(C)c4C)c3c2)n1. The minimum atomic E-state index is -0.492. The monoisotopic (exact) mass is 350 g/mol. The quantitative estimate of drug-likeness (QED) is 0.527. The van der Waals surface area contributed by atoms with Crippen molar-refractivity contribution in [3.8, 4) is 22.6 Å². The van der Waals surface area contributed by atoms with E-state index in [1.165, 1.54) is 6.26 Å². The van der Waals surface area contributed by atoms with Crippen LogP contribution in [0.15, 0.2) is 47.5 Å². The number of nitrogens with zero attached hydrogens (tertiary/aromatic N) is 4. The molecule has 0 fully saturated rings. The third kappa shape index (κ3) is 2.57. The van der Waals surface area contributed by atoms with Gasteiger partial charge in [-0.05, 0) is 32.0 Å². The van der Waals surface area contributed by atoms with Crippen molar-refractivity contribution in [1.29, 1.82) is 0 Å². The molecule has 0 radical (unpaired) electrons. The molecule has 0 saturated heterocycles. The molecular formula is C19H18N4O3. The fourth-order valence-corrected chi connectivity index (χ4v) is 2.92. The number of ether oxygens (including phenoxy) is 1. The third-order valence-corrected chi connectivity index (χ3v) is 4.43. The van der Waals surface area contributed by atoms with Gasteiger partial charge in [0, 0.05) is 41.8 Å². The van der Waals surface area contributed by atoms with E-state index in [0.29, 0.717) is 12.5 Å². The predicted molar refractivity (Wildman–Crippen MR) is 95.8 cm³/mol. The lowest BCUT2D eigenvalue weighted by Crippen LogP contribution is -2.04. The lowest BCUT2D eigenvalue weighted by Gasteiger charge is -2.02. The number of oxazole rings is 1. The van der Waals surface area contributed by atoms with Gasteiger partial charge in [-0.1, -0.05) is 0 Å². The van der Waals surface area contributed by atoms with Crippen LogP contribution < -0.4 is 0 Å². The minimum absolute atomic E-state index is 0.161. The first-order chi connectivity index (χ1) is 12.6. The van der Waals surface area contributed by atoms with E-state index in [-0.39, 0.29) is 5.69 Å². The van der Waals surface area contributed by atoms with E-state index in [1.54, 1.807) is 11.4 Å². The molecule has 0 aliphatic rings. The summed E-state index contributed by atoms with van der Waals surface area (Å²) in [6.07, 6.45) is 7.04. The normalized spacial score (nSPS) is 11.2. The summed E-state index contributed by atoms with van der Waals surface area (Å²) in [6.45, 7) is 4.12. The number of carbonyl (C=O) groups is 1. The number of aryl methyl sites for hydroxylation is 1. The Kier molecular flexibility index (Phi) is 3.84. The van der Waals surface area contributed by atoms with E-state index in [4.69, 9.17) is 9.15 Å². The minimum Gasteiger partial charge on any atom is -0.461 e. The average molecular weight is 350 g/mol. The van der Waals surface area contributed by atoms with Crippen LogP contribution in [0.3, 0.4) is 0 Å². The molecule has 7 heteroatoms. The third-order valence-electron chi connectivity index (χ3n) is 4.43. The van der Waals surface area contributed by atoms with E-state index in [0.717, 1.165) is 27.9 Å². The summed E-state index contributed by atoms with van der Waals surface area (Å²) in [5, 5.41) is 4.42. The maximum absolute atomic E-state index is 11.8. The molecule has 0 atom stereocenters. The average Bonchev–Trinajstić information content (AvgIpc) is 3.35. The number of hydrogen-bond donors (Lipinski definition) is 0. The fraction of sp³-hybridized carbons (Fsp3) is 0.211. The van der Waals surface area contributed by atoms with Crippen LogP contribution in [0.25, 0.3) is 28.1 Å². The van der Waals surface area contributed by atoms with Gasteiger partial charge in [-0.3, -0.25) is 0 Å². The summed E-state index contributed by atoms with van der Waals surface area (Å²) in [4.78, 5) is 16.0. The lowest BCUT2D eigenvalue weighted by atomic mass is 10.1. The van der Waals surface area contributed by atoms with Gasteiger partial charge in [0.15, 0.2) is 5.69 Å².